The molecule has 0 heterocycles. The molecule has 0 aliphatic carbocycles. The maximum Gasteiger partial charge on any atom is 0.326 e. The monoisotopic (exact) mass is 241 g/mol. The lowest BCUT2D eigenvalue weighted by Crippen LogP contribution is -2.48. The molecule has 0 aromatic heterocycles. The Balaban J connectivity index is 4.26. The normalized spacial score (nSPS) is 12.9. The average Bonchev–Trinajstić information content (AvgIpc) is 2.23. The molecule has 2 atom stereocenters. The number of hydrogen-bond acceptors (Lipinski definition) is 3. The van der Waals surface area contributed by atoms with Crippen LogP contribution in [0.1, 0.15) is 19.8 Å². The van der Waals surface area contributed by atoms with Crippen LogP contribution in [-0.4, -0.2) is 35.1 Å². The predicted molar refractivity (Wildman–Crippen MR) is 59.8 cm³/mol. The molecule has 0 aromatic rings. The number of carbonyl (C=O) groups is 3. The number of amides is 3. The molecule has 0 bridgehead atoms. The largest absolute Gasteiger partial charge is 0.480 e. The van der Waals surface area contributed by atoms with Crippen LogP contribution in [0.3, 0.4) is 0 Å². The number of terminal acetylenes is 1. The number of primary amides is 1. The van der Waals surface area contributed by atoms with Crippen molar-refractivity contribution >= 4 is 17.9 Å². The second-order valence-corrected chi connectivity index (χ2v) is 3.40. The molecule has 0 radical (unpaired) electrons. The minimum absolute atomic E-state index is 0.0669. The molecule has 0 aliphatic heterocycles. The van der Waals surface area contributed by atoms with Crippen LogP contribution in [0.25, 0.3) is 0 Å². The zero-order valence-electron chi connectivity index (χ0n) is 9.40. The lowest BCUT2D eigenvalue weighted by molar-refractivity contribution is -0.139. The number of urea groups is 1. The standard InChI is InChI=1S/C10H15N3O4/c1-3-6(2)12-10(17)13-7(9(15)16)4-5-8(11)14/h1,6-7H,4-5H2,2H3,(H2,11,14)(H,15,16)(H2,12,13,17). The molecule has 2 unspecified atom stereocenters. The van der Waals surface area contributed by atoms with Gasteiger partial charge >= 0.3 is 12.0 Å². The maximum absolute atomic E-state index is 11.3. The zero-order chi connectivity index (χ0) is 13.4. The summed E-state index contributed by atoms with van der Waals surface area (Å²) in [4.78, 5) is 32.6. The van der Waals surface area contributed by atoms with E-state index >= 15 is 0 Å². The Morgan fingerprint density at radius 3 is 2.41 bits per heavy atom. The molecule has 7 heteroatoms. The fraction of sp³-hybridized carbons (Fsp3) is 0.500. The van der Waals surface area contributed by atoms with Gasteiger partial charge in [-0.05, 0) is 13.3 Å². The van der Waals surface area contributed by atoms with Crippen molar-refractivity contribution in [3.63, 3.8) is 0 Å². The molecule has 0 saturated heterocycles. The fourth-order valence-electron chi connectivity index (χ4n) is 0.982. The molecular formula is C10H15N3O4. The summed E-state index contributed by atoms with van der Waals surface area (Å²) in [6.45, 7) is 1.57. The van der Waals surface area contributed by atoms with Gasteiger partial charge in [-0.15, -0.1) is 6.42 Å². The summed E-state index contributed by atoms with van der Waals surface area (Å²) in [6, 6.07) is -2.39. The molecule has 0 fully saturated rings. The highest BCUT2D eigenvalue weighted by Crippen LogP contribution is 1.97. The number of carboxylic acids is 1. The van der Waals surface area contributed by atoms with Gasteiger partial charge in [0.1, 0.15) is 6.04 Å². The van der Waals surface area contributed by atoms with Gasteiger partial charge in [0.15, 0.2) is 0 Å². The van der Waals surface area contributed by atoms with E-state index in [-0.39, 0.29) is 12.8 Å². The number of nitrogens with one attached hydrogen (secondary N) is 2. The maximum atomic E-state index is 11.3. The summed E-state index contributed by atoms with van der Waals surface area (Å²) in [7, 11) is 0. The molecule has 7 nitrogen and oxygen atoms in total. The van der Waals surface area contributed by atoms with Gasteiger partial charge in [-0.2, -0.15) is 0 Å². The molecular weight excluding hydrogens is 226 g/mol. The van der Waals surface area contributed by atoms with E-state index in [0.717, 1.165) is 0 Å². The Bertz CT molecular complexity index is 348. The fourth-order valence-corrected chi connectivity index (χ4v) is 0.982. The quantitative estimate of drug-likeness (QED) is 0.447. The third-order valence-electron chi connectivity index (χ3n) is 1.88. The van der Waals surface area contributed by atoms with Gasteiger partial charge < -0.3 is 21.5 Å². The van der Waals surface area contributed by atoms with Gasteiger partial charge in [-0.25, -0.2) is 9.59 Å². The number of hydrogen-bond donors (Lipinski definition) is 4. The second kappa shape index (κ2) is 7.11. The van der Waals surface area contributed by atoms with E-state index in [1.807, 2.05) is 0 Å². The first-order valence-corrected chi connectivity index (χ1v) is 4.91. The molecule has 0 saturated carbocycles. The highest BCUT2D eigenvalue weighted by atomic mass is 16.4. The van der Waals surface area contributed by atoms with Gasteiger partial charge in [0.2, 0.25) is 5.91 Å². The van der Waals surface area contributed by atoms with Gasteiger partial charge in [0, 0.05) is 6.42 Å². The van der Waals surface area contributed by atoms with E-state index in [4.69, 9.17) is 17.3 Å². The van der Waals surface area contributed by atoms with E-state index in [9.17, 15) is 14.4 Å². The van der Waals surface area contributed by atoms with Crippen LogP contribution >= 0.6 is 0 Å². The van der Waals surface area contributed by atoms with Crippen molar-refractivity contribution in [2.75, 3.05) is 0 Å². The average molecular weight is 241 g/mol. The number of carbonyl (C=O) groups excluding carboxylic acids is 2. The number of rotatable bonds is 6. The topological polar surface area (TPSA) is 122 Å². The van der Waals surface area contributed by atoms with Crippen molar-refractivity contribution in [1.29, 1.82) is 0 Å². The molecule has 3 amide bonds. The smallest absolute Gasteiger partial charge is 0.326 e. The minimum atomic E-state index is -1.24. The van der Waals surface area contributed by atoms with Crippen molar-refractivity contribution in [2.45, 2.75) is 31.8 Å². The SMILES string of the molecule is C#CC(C)NC(=O)NC(CCC(N)=O)C(=O)O. The first-order chi connectivity index (χ1) is 7.86. The predicted octanol–water partition coefficient (Wildman–Crippen LogP) is -0.974. The van der Waals surface area contributed by atoms with Crippen LogP contribution < -0.4 is 16.4 Å². The molecule has 5 N–H and O–H groups in total. The van der Waals surface area contributed by atoms with Gasteiger partial charge in [-0.3, -0.25) is 4.79 Å². The first kappa shape index (κ1) is 14.8. The Labute approximate surface area is 98.7 Å². The summed E-state index contributed by atoms with van der Waals surface area (Å²) >= 11 is 0. The third-order valence-corrected chi connectivity index (χ3v) is 1.88. The number of aliphatic carboxylic acids is 1. The van der Waals surface area contributed by atoms with Crippen LogP contribution in [-0.2, 0) is 9.59 Å². The van der Waals surface area contributed by atoms with E-state index in [1.54, 1.807) is 6.92 Å². The van der Waals surface area contributed by atoms with Crippen LogP contribution in [0.2, 0.25) is 0 Å². The Kier molecular flexibility index (Phi) is 6.18. The first-order valence-electron chi connectivity index (χ1n) is 4.91. The summed E-state index contributed by atoms with van der Waals surface area (Å²) in [5.41, 5.74) is 4.89. The van der Waals surface area contributed by atoms with E-state index in [1.165, 1.54) is 0 Å². The summed E-state index contributed by atoms with van der Waals surface area (Å²) in [5.74, 6) is 0.385. The van der Waals surface area contributed by atoms with Gasteiger partial charge in [0.25, 0.3) is 0 Å². The summed E-state index contributed by atoms with van der Waals surface area (Å²) in [6.07, 6.45) is 4.85. The van der Waals surface area contributed by atoms with E-state index in [0.29, 0.717) is 0 Å². The van der Waals surface area contributed by atoms with Crippen molar-refractivity contribution < 1.29 is 19.5 Å². The van der Waals surface area contributed by atoms with Crippen LogP contribution in [0.4, 0.5) is 4.79 Å². The number of nitrogens with two attached hydrogens (primary N) is 1. The molecule has 17 heavy (non-hydrogen) atoms. The van der Waals surface area contributed by atoms with Crippen LogP contribution in [0.5, 0.6) is 0 Å². The van der Waals surface area contributed by atoms with Crippen LogP contribution in [0, 0.1) is 12.3 Å². The highest BCUT2D eigenvalue weighted by Gasteiger charge is 2.20. The Morgan fingerprint density at radius 1 is 1.41 bits per heavy atom. The summed E-state index contributed by atoms with van der Waals surface area (Å²) < 4.78 is 0. The van der Waals surface area contributed by atoms with E-state index in [2.05, 4.69) is 16.6 Å². The van der Waals surface area contributed by atoms with Gasteiger partial charge in [-0.1, -0.05) is 5.92 Å². The molecule has 0 spiro atoms. The minimum Gasteiger partial charge on any atom is -0.480 e. The number of carboxylic acid groups (broad SMARTS) is 1. The van der Waals surface area contributed by atoms with Crippen molar-refractivity contribution in [2.24, 2.45) is 5.73 Å². The van der Waals surface area contributed by atoms with Crippen molar-refractivity contribution in [3.05, 3.63) is 0 Å². The molecule has 0 rings (SSSR count). The second-order valence-electron chi connectivity index (χ2n) is 3.40. The lowest BCUT2D eigenvalue weighted by Gasteiger charge is -2.15. The zero-order valence-corrected chi connectivity index (χ0v) is 9.40. The van der Waals surface area contributed by atoms with Crippen LogP contribution in [0.15, 0.2) is 0 Å². The molecule has 0 aliphatic rings. The van der Waals surface area contributed by atoms with Crippen molar-refractivity contribution in [3.8, 4) is 12.3 Å². The van der Waals surface area contributed by atoms with E-state index < -0.39 is 30.0 Å². The van der Waals surface area contributed by atoms with Gasteiger partial charge in [0.05, 0.1) is 6.04 Å². The molecule has 94 valence electrons. The highest BCUT2D eigenvalue weighted by molar-refractivity contribution is 5.83. The molecule has 0 aromatic carbocycles. The summed E-state index contributed by atoms with van der Waals surface area (Å²) in [5, 5.41) is 13.3. The Morgan fingerprint density at radius 2 is 2.00 bits per heavy atom. The van der Waals surface area contributed by atoms with Crippen molar-refractivity contribution in [1.82, 2.24) is 10.6 Å². The third kappa shape index (κ3) is 6.78. The lowest BCUT2D eigenvalue weighted by atomic mass is 10.1. The Hall–Kier alpha value is -2.23.